The first-order valence-corrected chi connectivity index (χ1v) is 5.61. The van der Waals surface area contributed by atoms with E-state index in [0.717, 1.165) is 5.56 Å². The molecule has 0 aliphatic rings. The topological polar surface area (TPSA) is 70.9 Å². The fourth-order valence-electron chi connectivity index (χ4n) is 1.61. The summed E-state index contributed by atoms with van der Waals surface area (Å²) in [5, 5.41) is 2.76. The van der Waals surface area contributed by atoms with Crippen molar-refractivity contribution in [2.45, 2.75) is 6.42 Å². The molecule has 0 aliphatic heterocycles. The molecule has 0 saturated heterocycles. The molecule has 4 N–H and O–H groups in total. The number of nitrogens with two attached hydrogens (primary N) is 1. The molecule has 0 saturated carbocycles. The maximum Gasteiger partial charge on any atom is 0.267 e. The molecule has 1 amide bonds. The van der Waals surface area contributed by atoms with Gasteiger partial charge in [0.2, 0.25) is 0 Å². The average molecular weight is 247 g/mol. The molecular formula is C13H14FN3O. The van der Waals surface area contributed by atoms with Gasteiger partial charge in [0.25, 0.3) is 5.91 Å². The molecule has 0 unspecified atom stereocenters. The lowest BCUT2D eigenvalue weighted by Crippen LogP contribution is -2.25. The van der Waals surface area contributed by atoms with Crippen LogP contribution < -0.4 is 11.1 Å². The van der Waals surface area contributed by atoms with Crippen molar-refractivity contribution in [3.05, 3.63) is 53.6 Å². The van der Waals surface area contributed by atoms with Gasteiger partial charge in [0.15, 0.2) is 0 Å². The minimum Gasteiger partial charge on any atom is -0.397 e. The lowest BCUT2D eigenvalue weighted by Gasteiger charge is -2.04. The number of hydrogen-bond donors (Lipinski definition) is 3. The normalized spacial score (nSPS) is 10.3. The molecule has 1 aromatic carbocycles. The van der Waals surface area contributed by atoms with Gasteiger partial charge in [-0.2, -0.15) is 0 Å². The van der Waals surface area contributed by atoms with E-state index in [2.05, 4.69) is 10.3 Å². The van der Waals surface area contributed by atoms with Crippen molar-refractivity contribution in [2.75, 3.05) is 12.3 Å². The van der Waals surface area contributed by atoms with Crippen LogP contribution in [0.2, 0.25) is 0 Å². The van der Waals surface area contributed by atoms with Gasteiger partial charge in [-0.05, 0) is 30.2 Å². The molecule has 1 heterocycles. The van der Waals surface area contributed by atoms with Crippen LogP contribution in [-0.2, 0) is 6.42 Å². The van der Waals surface area contributed by atoms with Crippen LogP contribution in [0.4, 0.5) is 10.1 Å². The van der Waals surface area contributed by atoms with E-state index in [1.54, 1.807) is 24.4 Å². The number of benzene rings is 1. The molecule has 94 valence electrons. The Balaban J connectivity index is 1.82. The number of H-pyrrole nitrogens is 1. The summed E-state index contributed by atoms with van der Waals surface area (Å²) in [5.41, 5.74) is 7.44. The second-order valence-corrected chi connectivity index (χ2v) is 3.98. The maximum absolute atomic E-state index is 12.7. The minimum atomic E-state index is -0.260. The number of aromatic amines is 1. The van der Waals surface area contributed by atoms with Gasteiger partial charge >= 0.3 is 0 Å². The summed E-state index contributed by atoms with van der Waals surface area (Å²) in [6.07, 6.45) is 2.22. The van der Waals surface area contributed by atoms with E-state index in [-0.39, 0.29) is 11.7 Å². The van der Waals surface area contributed by atoms with Gasteiger partial charge in [-0.3, -0.25) is 4.79 Å². The molecule has 18 heavy (non-hydrogen) atoms. The van der Waals surface area contributed by atoms with Gasteiger partial charge in [-0.1, -0.05) is 12.1 Å². The smallest absolute Gasteiger partial charge is 0.267 e. The van der Waals surface area contributed by atoms with E-state index >= 15 is 0 Å². The summed E-state index contributed by atoms with van der Waals surface area (Å²) in [5.74, 6) is -0.460. The van der Waals surface area contributed by atoms with E-state index in [0.29, 0.717) is 24.3 Å². The first-order chi connectivity index (χ1) is 8.65. The van der Waals surface area contributed by atoms with Crippen molar-refractivity contribution in [3.8, 4) is 0 Å². The summed E-state index contributed by atoms with van der Waals surface area (Å²) >= 11 is 0. The molecule has 5 heteroatoms. The van der Waals surface area contributed by atoms with Crippen LogP contribution >= 0.6 is 0 Å². The van der Waals surface area contributed by atoms with Gasteiger partial charge < -0.3 is 16.0 Å². The summed E-state index contributed by atoms with van der Waals surface area (Å²) in [7, 11) is 0. The number of halogens is 1. The van der Waals surface area contributed by atoms with Gasteiger partial charge in [-0.15, -0.1) is 0 Å². The van der Waals surface area contributed by atoms with E-state index in [1.165, 1.54) is 12.1 Å². The second-order valence-electron chi connectivity index (χ2n) is 3.98. The Bertz CT molecular complexity index is 533. The molecule has 0 aliphatic carbocycles. The Hall–Kier alpha value is -2.30. The van der Waals surface area contributed by atoms with Crippen molar-refractivity contribution < 1.29 is 9.18 Å². The molecule has 2 rings (SSSR count). The zero-order chi connectivity index (χ0) is 13.0. The van der Waals surface area contributed by atoms with Gasteiger partial charge in [0, 0.05) is 18.4 Å². The number of anilines is 1. The molecule has 0 fully saturated rings. The number of carbonyl (C=O) groups is 1. The van der Waals surface area contributed by atoms with Crippen molar-refractivity contribution in [1.29, 1.82) is 0 Å². The SMILES string of the molecule is Nc1c[nH]c(C(=O)NCCc2ccc(F)cc2)c1. The molecule has 0 atom stereocenters. The van der Waals surface area contributed by atoms with Crippen molar-refractivity contribution in [3.63, 3.8) is 0 Å². The number of carbonyl (C=O) groups excluding carboxylic acids is 1. The third-order valence-corrected chi connectivity index (χ3v) is 2.56. The van der Waals surface area contributed by atoms with E-state index in [1.807, 2.05) is 0 Å². The number of amides is 1. The van der Waals surface area contributed by atoms with Crippen LogP contribution in [0.1, 0.15) is 16.1 Å². The number of rotatable bonds is 4. The summed E-state index contributed by atoms with van der Waals surface area (Å²) in [6, 6.07) is 7.79. The first-order valence-electron chi connectivity index (χ1n) is 5.61. The molecule has 2 aromatic rings. The lowest BCUT2D eigenvalue weighted by atomic mass is 10.1. The van der Waals surface area contributed by atoms with Crippen LogP contribution in [0.25, 0.3) is 0 Å². The Kier molecular flexibility index (Phi) is 3.62. The minimum absolute atomic E-state index is 0.200. The highest BCUT2D eigenvalue weighted by Crippen LogP contribution is 2.05. The van der Waals surface area contributed by atoms with Crippen LogP contribution in [0.5, 0.6) is 0 Å². The quantitative estimate of drug-likeness (QED) is 0.769. The molecule has 0 bridgehead atoms. The fourth-order valence-corrected chi connectivity index (χ4v) is 1.61. The van der Waals surface area contributed by atoms with E-state index < -0.39 is 0 Å². The Labute approximate surface area is 104 Å². The van der Waals surface area contributed by atoms with Gasteiger partial charge in [-0.25, -0.2) is 4.39 Å². The summed E-state index contributed by atoms with van der Waals surface area (Å²) < 4.78 is 12.7. The standard InChI is InChI=1S/C13H14FN3O/c14-10-3-1-9(2-4-10)5-6-16-13(18)12-7-11(15)8-17-12/h1-4,7-8,17H,5-6,15H2,(H,16,18). The highest BCUT2D eigenvalue weighted by Gasteiger charge is 2.06. The Morgan fingerprint density at radius 1 is 1.33 bits per heavy atom. The Morgan fingerprint density at radius 3 is 2.67 bits per heavy atom. The Morgan fingerprint density at radius 2 is 2.06 bits per heavy atom. The molecule has 4 nitrogen and oxygen atoms in total. The van der Waals surface area contributed by atoms with Crippen molar-refractivity contribution >= 4 is 11.6 Å². The van der Waals surface area contributed by atoms with Crippen LogP contribution in [0, 0.1) is 5.82 Å². The fraction of sp³-hybridized carbons (Fsp3) is 0.154. The van der Waals surface area contributed by atoms with Crippen molar-refractivity contribution in [2.24, 2.45) is 0 Å². The van der Waals surface area contributed by atoms with Crippen LogP contribution in [0.15, 0.2) is 36.5 Å². The molecule has 0 spiro atoms. The number of aromatic nitrogens is 1. The first kappa shape index (κ1) is 12.2. The summed E-state index contributed by atoms with van der Waals surface area (Å²) in [6.45, 7) is 0.489. The van der Waals surface area contributed by atoms with E-state index in [9.17, 15) is 9.18 Å². The third-order valence-electron chi connectivity index (χ3n) is 2.56. The van der Waals surface area contributed by atoms with Gasteiger partial charge in [0.05, 0.1) is 0 Å². The number of hydrogen-bond acceptors (Lipinski definition) is 2. The average Bonchev–Trinajstić information content (AvgIpc) is 2.78. The molecule has 0 radical (unpaired) electrons. The van der Waals surface area contributed by atoms with Crippen molar-refractivity contribution in [1.82, 2.24) is 10.3 Å². The predicted molar refractivity (Wildman–Crippen MR) is 67.6 cm³/mol. The number of nitrogens with one attached hydrogen (secondary N) is 2. The maximum atomic E-state index is 12.7. The van der Waals surface area contributed by atoms with Crippen LogP contribution in [-0.4, -0.2) is 17.4 Å². The largest absolute Gasteiger partial charge is 0.397 e. The van der Waals surface area contributed by atoms with Gasteiger partial charge in [0.1, 0.15) is 11.5 Å². The molecular weight excluding hydrogens is 233 g/mol. The zero-order valence-electron chi connectivity index (χ0n) is 9.74. The highest BCUT2D eigenvalue weighted by atomic mass is 19.1. The van der Waals surface area contributed by atoms with Crippen LogP contribution in [0.3, 0.4) is 0 Å². The summed E-state index contributed by atoms with van der Waals surface area (Å²) in [4.78, 5) is 14.4. The third kappa shape index (κ3) is 3.10. The second kappa shape index (κ2) is 5.35. The predicted octanol–water partition coefficient (Wildman–Crippen LogP) is 1.71. The zero-order valence-corrected chi connectivity index (χ0v) is 9.74. The highest BCUT2D eigenvalue weighted by molar-refractivity contribution is 5.93. The lowest BCUT2D eigenvalue weighted by molar-refractivity contribution is 0.0950. The van der Waals surface area contributed by atoms with E-state index in [4.69, 9.17) is 5.73 Å². The number of nitrogen functional groups attached to an aromatic ring is 1. The monoisotopic (exact) mass is 247 g/mol. The molecule has 1 aromatic heterocycles.